The molecule has 3 aromatic rings. The van der Waals surface area contributed by atoms with E-state index in [9.17, 15) is 4.79 Å². The van der Waals surface area contributed by atoms with Gasteiger partial charge in [-0.2, -0.15) is 0 Å². The average Bonchev–Trinajstić information content (AvgIpc) is 2.99. The van der Waals surface area contributed by atoms with Crippen LogP contribution in [-0.4, -0.2) is 10.9 Å². The number of hydrogen-bond donors (Lipinski definition) is 1. The van der Waals surface area contributed by atoms with Gasteiger partial charge in [0.1, 0.15) is 0 Å². The molecule has 0 saturated carbocycles. The SMILES string of the molecule is Cc1nc(-c2ccccc2)ccc1C(=O)NCc1ccc(Cl)s1. The van der Waals surface area contributed by atoms with Crippen molar-refractivity contribution in [3.05, 3.63) is 75.1 Å². The first-order chi connectivity index (χ1) is 11.1. The first-order valence-electron chi connectivity index (χ1n) is 7.19. The van der Waals surface area contributed by atoms with Gasteiger partial charge in [0.15, 0.2) is 0 Å². The van der Waals surface area contributed by atoms with Crippen molar-refractivity contribution in [2.24, 2.45) is 0 Å². The molecule has 0 aliphatic rings. The van der Waals surface area contributed by atoms with E-state index in [1.807, 2.05) is 61.5 Å². The predicted molar refractivity (Wildman–Crippen MR) is 94.9 cm³/mol. The lowest BCUT2D eigenvalue weighted by molar-refractivity contribution is 0.0950. The van der Waals surface area contributed by atoms with Crippen LogP contribution in [0, 0.1) is 6.92 Å². The van der Waals surface area contributed by atoms with Crippen LogP contribution < -0.4 is 5.32 Å². The van der Waals surface area contributed by atoms with Gasteiger partial charge in [0.05, 0.1) is 27.8 Å². The fourth-order valence-corrected chi connectivity index (χ4v) is 3.31. The second kappa shape index (κ2) is 6.94. The number of aryl methyl sites for hydroxylation is 1. The maximum atomic E-state index is 12.3. The van der Waals surface area contributed by atoms with Crippen molar-refractivity contribution in [1.82, 2.24) is 10.3 Å². The summed E-state index contributed by atoms with van der Waals surface area (Å²) in [5.74, 6) is -0.126. The van der Waals surface area contributed by atoms with E-state index in [0.717, 1.165) is 20.5 Å². The summed E-state index contributed by atoms with van der Waals surface area (Å²) >= 11 is 7.35. The van der Waals surface area contributed by atoms with E-state index in [1.165, 1.54) is 11.3 Å². The normalized spacial score (nSPS) is 10.5. The third-order valence-electron chi connectivity index (χ3n) is 3.45. The highest BCUT2D eigenvalue weighted by Gasteiger charge is 2.11. The summed E-state index contributed by atoms with van der Waals surface area (Å²) in [5, 5.41) is 2.90. The second-order valence-electron chi connectivity index (χ2n) is 5.08. The Morgan fingerprint density at radius 2 is 1.91 bits per heavy atom. The Labute approximate surface area is 144 Å². The van der Waals surface area contributed by atoms with E-state index in [4.69, 9.17) is 11.6 Å². The number of halogens is 1. The molecule has 116 valence electrons. The zero-order chi connectivity index (χ0) is 16.2. The number of amides is 1. The fourth-order valence-electron chi connectivity index (χ4n) is 2.28. The van der Waals surface area contributed by atoms with E-state index in [1.54, 1.807) is 0 Å². The maximum absolute atomic E-state index is 12.3. The van der Waals surface area contributed by atoms with Crippen LogP contribution in [0.25, 0.3) is 11.3 Å². The molecule has 0 aliphatic carbocycles. The molecular formula is C18H15ClN2OS. The molecule has 0 spiro atoms. The third-order valence-corrected chi connectivity index (χ3v) is 4.68. The van der Waals surface area contributed by atoms with Gasteiger partial charge in [-0.15, -0.1) is 11.3 Å². The average molecular weight is 343 g/mol. The number of carbonyl (C=O) groups is 1. The van der Waals surface area contributed by atoms with E-state index in [2.05, 4.69) is 10.3 Å². The summed E-state index contributed by atoms with van der Waals surface area (Å²) in [6.07, 6.45) is 0. The highest BCUT2D eigenvalue weighted by Crippen LogP contribution is 2.22. The molecule has 2 aromatic heterocycles. The van der Waals surface area contributed by atoms with Crippen molar-refractivity contribution < 1.29 is 4.79 Å². The first-order valence-corrected chi connectivity index (χ1v) is 8.38. The van der Waals surface area contributed by atoms with Gasteiger partial charge < -0.3 is 5.32 Å². The van der Waals surface area contributed by atoms with E-state index in [-0.39, 0.29) is 5.91 Å². The lowest BCUT2D eigenvalue weighted by Crippen LogP contribution is -2.23. The summed E-state index contributed by atoms with van der Waals surface area (Å²) in [6.45, 7) is 2.32. The molecule has 1 N–H and O–H groups in total. The van der Waals surface area contributed by atoms with Crippen molar-refractivity contribution in [3.8, 4) is 11.3 Å². The number of thiophene rings is 1. The molecule has 0 atom stereocenters. The quantitative estimate of drug-likeness (QED) is 0.746. The third kappa shape index (κ3) is 3.78. The molecule has 0 saturated heterocycles. The van der Waals surface area contributed by atoms with Gasteiger partial charge >= 0.3 is 0 Å². The zero-order valence-electron chi connectivity index (χ0n) is 12.5. The van der Waals surface area contributed by atoms with Gasteiger partial charge in [-0.25, -0.2) is 0 Å². The zero-order valence-corrected chi connectivity index (χ0v) is 14.1. The molecule has 1 amide bonds. The molecule has 23 heavy (non-hydrogen) atoms. The Morgan fingerprint density at radius 3 is 2.57 bits per heavy atom. The topological polar surface area (TPSA) is 42.0 Å². The van der Waals surface area contributed by atoms with Gasteiger partial charge in [0, 0.05) is 10.4 Å². The molecule has 0 radical (unpaired) electrons. The summed E-state index contributed by atoms with van der Waals surface area (Å²) in [7, 11) is 0. The molecule has 0 fully saturated rings. The number of pyridine rings is 1. The largest absolute Gasteiger partial charge is 0.347 e. The van der Waals surface area contributed by atoms with Crippen LogP contribution in [0.3, 0.4) is 0 Å². The van der Waals surface area contributed by atoms with Crippen molar-refractivity contribution in [2.45, 2.75) is 13.5 Å². The number of hydrogen-bond acceptors (Lipinski definition) is 3. The van der Waals surface area contributed by atoms with E-state index >= 15 is 0 Å². The number of nitrogens with zero attached hydrogens (tertiary/aromatic N) is 1. The number of benzene rings is 1. The lowest BCUT2D eigenvalue weighted by atomic mass is 10.1. The molecular weight excluding hydrogens is 328 g/mol. The summed E-state index contributed by atoms with van der Waals surface area (Å²) in [5.41, 5.74) is 3.21. The number of aromatic nitrogens is 1. The van der Waals surface area contributed by atoms with Crippen LogP contribution in [-0.2, 0) is 6.54 Å². The van der Waals surface area contributed by atoms with Crippen molar-refractivity contribution in [2.75, 3.05) is 0 Å². The maximum Gasteiger partial charge on any atom is 0.253 e. The highest BCUT2D eigenvalue weighted by molar-refractivity contribution is 7.16. The Hall–Kier alpha value is -2.17. The molecule has 0 bridgehead atoms. The smallest absolute Gasteiger partial charge is 0.253 e. The van der Waals surface area contributed by atoms with Crippen LogP contribution in [0.15, 0.2) is 54.6 Å². The van der Waals surface area contributed by atoms with Crippen LogP contribution in [0.4, 0.5) is 0 Å². The highest BCUT2D eigenvalue weighted by atomic mass is 35.5. The Morgan fingerprint density at radius 1 is 1.13 bits per heavy atom. The summed E-state index contributed by atoms with van der Waals surface area (Å²) < 4.78 is 0.722. The molecule has 5 heteroatoms. The first kappa shape index (κ1) is 15.7. The Balaban J connectivity index is 1.74. The minimum Gasteiger partial charge on any atom is -0.347 e. The van der Waals surface area contributed by atoms with E-state index < -0.39 is 0 Å². The van der Waals surface area contributed by atoms with Crippen LogP contribution in [0.2, 0.25) is 4.34 Å². The summed E-state index contributed by atoms with van der Waals surface area (Å²) in [4.78, 5) is 17.9. The van der Waals surface area contributed by atoms with Gasteiger partial charge in [0.2, 0.25) is 0 Å². The fraction of sp³-hybridized carbons (Fsp3) is 0.111. The molecule has 3 nitrogen and oxygen atoms in total. The minimum absolute atomic E-state index is 0.126. The minimum atomic E-state index is -0.126. The molecule has 3 rings (SSSR count). The van der Waals surface area contributed by atoms with Gasteiger partial charge in [-0.3, -0.25) is 9.78 Å². The monoisotopic (exact) mass is 342 g/mol. The van der Waals surface area contributed by atoms with Crippen molar-refractivity contribution in [1.29, 1.82) is 0 Å². The summed E-state index contributed by atoms with van der Waals surface area (Å²) in [6, 6.07) is 17.4. The van der Waals surface area contributed by atoms with Gasteiger partial charge in [0.25, 0.3) is 5.91 Å². The molecule has 0 aliphatic heterocycles. The van der Waals surface area contributed by atoms with E-state index in [0.29, 0.717) is 17.8 Å². The number of carbonyl (C=O) groups excluding carboxylic acids is 1. The molecule has 2 heterocycles. The second-order valence-corrected chi connectivity index (χ2v) is 6.88. The molecule has 0 unspecified atom stereocenters. The Bertz CT molecular complexity index is 830. The number of nitrogens with one attached hydrogen (secondary N) is 1. The predicted octanol–water partition coefficient (Wildman–Crippen LogP) is 4.70. The van der Waals surface area contributed by atoms with Gasteiger partial charge in [-0.1, -0.05) is 41.9 Å². The van der Waals surface area contributed by atoms with Crippen molar-refractivity contribution in [3.63, 3.8) is 0 Å². The lowest BCUT2D eigenvalue weighted by Gasteiger charge is -2.08. The van der Waals surface area contributed by atoms with Crippen LogP contribution in [0.5, 0.6) is 0 Å². The van der Waals surface area contributed by atoms with Crippen LogP contribution in [0.1, 0.15) is 20.9 Å². The molecule has 1 aromatic carbocycles. The number of rotatable bonds is 4. The van der Waals surface area contributed by atoms with Crippen molar-refractivity contribution >= 4 is 28.8 Å². The Kier molecular flexibility index (Phi) is 4.74. The standard InChI is InChI=1S/C18H15ClN2OS/c1-12-15(18(22)20-11-14-7-10-17(19)23-14)8-9-16(21-12)13-5-3-2-4-6-13/h2-10H,11H2,1H3,(H,20,22). The van der Waals surface area contributed by atoms with Gasteiger partial charge in [-0.05, 0) is 31.2 Å². The van der Waals surface area contributed by atoms with Crippen LogP contribution >= 0.6 is 22.9 Å².